The van der Waals surface area contributed by atoms with Crippen molar-refractivity contribution in [1.82, 2.24) is 4.98 Å². The van der Waals surface area contributed by atoms with E-state index in [1.807, 2.05) is 0 Å². The van der Waals surface area contributed by atoms with E-state index in [0.717, 1.165) is 5.56 Å². The zero-order valence-corrected chi connectivity index (χ0v) is 10.3. The second-order valence-electron chi connectivity index (χ2n) is 4.06. The number of carbonyl (C=O) groups is 1. The van der Waals surface area contributed by atoms with E-state index >= 15 is 0 Å². The van der Waals surface area contributed by atoms with E-state index in [4.69, 9.17) is 5.73 Å². The van der Waals surface area contributed by atoms with Crippen molar-refractivity contribution in [3.8, 4) is 0 Å². The second kappa shape index (κ2) is 3.50. The molecule has 1 aliphatic carbocycles. The summed E-state index contributed by atoms with van der Waals surface area (Å²) in [6, 6.07) is 3.05. The average Bonchev–Trinajstić information content (AvgIpc) is 2.63. The molecule has 0 unspecified atom stereocenters. The maximum absolute atomic E-state index is 13.8. The zero-order chi connectivity index (χ0) is 12.2. The minimum absolute atomic E-state index is 0.0593. The number of anilines is 1. The highest BCUT2D eigenvalue weighted by Crippen LogP contribution is 2.34. The van der Waals surface area contributed by atoms with Gasteiger partial charge in [0.1, 0.15) is 11.2 Å². The number of carbonyl (C=O) groups excluding carboxylic acids is 1. The number of nitrogens with zero attached hydrogens (tertiary/aromatic N) is 1. The number of nitrogen functional groups attached to an aromatic ring is 1. The summed E-state index contributed by atoms with van der Waals surface area (Å²) in [5.74, 6) is -0.528. The van der Waals surface area contributed by atoms with Crippen molar-refractivity contribution in [1.29, 1.82) is 0 Å². The van der Waals surface area contributed by atoms with E-state index in [1.165, 1.54) is 6.07 Å². The molecule has 17 heavy (non-hydrogen) atoms. The van der Waals surface area contributed by atoms with E-state index in [0.29, 0.717) is 34.1 Å². The van der Waals surface area contributed by atoms with Crippen molar-refractivity contribution in [2.24, 2.45) is 0 Å². The summed E-state index contributed by atoms with van der Waals surface area (Å²) in [6.45, 7) is 0. The van der Waals surface area contributed by atoms with Gasteiger partial charge >= 0.3 is 0 Å². The average molecular weight is 295 g/mol. The summed E-state index contributed by atoms with van der Waals surface area (Å²) < 4.78 is 14.4. The Bertz CT molecular complexity index is 669. The first-order valence-corrected chi connectivity index (χ1v) is 5.97. The Morgan fingerprint density at radius 3 is 2.88 bits per heavy atom. The van der Waals surface area contributed by atoms with Crippen molar-refractivity contribution in [3.63, 3.8) is 0 Å². The molecule has 86 valence electrons. The Hall–Kier alpha value is -1.49. The van der Waals surface area contributed by atoms with Crippen molar-refractivity contribution in [3.05, 3.63) is 33.7 Å². The molecule has 1 aromatic heterocycles. The van der Waals surface area contributed by atoms with Crippen LogP contribution in [0.1, 0.15) is 22.5 Å². The molecule has 0 amide bonds. The first kappa shape index (κ1) is 10.7. The molecular weight excluding hydrogens is 287 g/mol. The molecule has 0 saturated heterocycles. The molecule has 0 saturated carbocycles. The molecule has 5 heteroatoms. The van der Waals surface area contributed by atoms with E-state index in [2.05, 4.69) is 20.9 Å². The third kappa shape index (κ3) is 1.45. The van der Waals surface area contributed by atoms with Gasteiger partial charge in [-0.05, 0) is 18.6 Å². The molecule has 0 fully saturated rings. The number of hydrogen-bond donors (Lipinski definition) is 1. The molecular formula is C12H8BrFN2O. The lowest BCUT2D eigenvalue weighted by Gasteiger charge is -2.08. The molecule has 1 heterocycles. The Kier molecular flexibility index (Phi) is 2.19. The lowest BCUT2D eigenvalue weighted by Crippen LogP contribution is -2.02. The standard InChI is InChI=1S/C12H8BrFN2O/c13-5-3-7-10(15)6-1-2-9(17)12(6)16-11(7)8(14)4-5/h3-4H,1-2H2,(H2,15,16). The first-order chi connectivity index (χ1) is 8.08. The summed E-state index contributed by atoms with van der Waals surface area (Å²) in [6.07, 6.45) is 1.00. The Morgan fingerprint density at radius 1 is 1.35 bits per heavy atom. The minimum Gasteiger partial charge on any atom is -0.398 e. The first-order valence-electron chi connectivity index (χ1n) is 5.18. The third-order valence-corrected chi connectivity index (χ3v) is 3.48. The second-order valence-corrected chi connectivity index (χ2v) is 4.98. The molecule has 3 rings (SSSR count). The minimum atomic E-state index is -0.469. The SMILES string of the molecule is Nc1c2c(nc3c(F)cc(Br)cc13)C(=O)CC2. The van der Waals surface area contributed by atoms with Gasteiger partial charge in [-0.1, -0.05) is 15.9 Å². The summed E-state index contributed by atoms with van der Waals surface area (Å²) in [4.78, 5) is 15.7. The fourth-order valence-corrected chi connectivity index (χ4v) is 2.62. The lowest BCUT2D eigenvalue weighted by molar-refractivity contribution is 0.0990. The highest BCUT2D eigenvalue weighted by Gasteiger charge is 2.25. The largest absolute Gasteiger partial charge is 0.398 e. The highest BCUT2D eigenvalue weighted by molar-refractivity contribution is 9.10. The number of hydrogen-bond acceptors (Lipinski definition) is 3. The zero-order valence-electron chi connectivity index (χ0n) is 8.76. The fourth-order valence-electron chi connectivity index (χ4n) is 2.19. The molecule has 3 nitrogen and oxygen atoms in total. The van der Waals surface area contributed by atoms with Crippen LogP contribution in [0.15, 0.2) is 16.6 Å². The van der Waals surface area contributed by atoms with E-state index in [-0.39, 0.29) is 11.3 Å². The number of pyridine rings is 1. The number of nitrogens with two attached hydrogens (primary N) is 1. The molecule has 2 aromatic rings. The van der Waals surface area contributed by atoms with Gasteiger partial charge in [0.05, 0.1) is 0 Å². The van der Waals surface area contributed by atoms with Crippen molar-refractivity contribution >= 4 is 38.3 Å². The predicted octanol–water partition coefficient (Wildman–Crippen LogP) is 2.85. The monoisotopic (exact) mass is 294 g/mol. The van der Waals surface area contributed by atoms with Crippen LogP contribution < -0.4 is 5.73 Å². The number of halogens is 2. The topological polar surface area (TPSA) is 56.0 Å². The number of aromatic nitrogens is 1. The number of rotatable bonds is 0. The Labute approximate surface area is 105 Å². The van der Waals surface area contributed by atoms with E-state index in [9.17, 15) is 9.18 Å². The van der Waals surface area contributed by atoms with Crippen LogP contribution in [0.5, 0.6) is 0 Å². The smallest absolute Gasteiger partial charge is 0.181 e. The van der Waals surface area contributed by atoms with Crippen LogP contribution in [0.25, 0.3) is 10.9 Å². The molecule has 0 atom stereocenters. The van der Waals surface area contributed by atoms with Crippen molar-refractivity contribution < 1.29 is 9.18 Å². The maximum atomic E-state index is 13.8. The number of benzene rings is 1. The summed E-state index contributed by atoms with van der Waals surface area (Å²) >= 11 is 3.22. The quantitative estimate of drug-likeness (QED) is 0.813. The number of fused-ring (bicyclic) bond motifs is 2. The van der Waals surface area contributed by atoms with Crippen LogP contribution in [0.2, 0.25) is 0 Å². The van der Waals surface area contributed by atoms with E-state index in [1.54, 1.807) is 6.07 Å². The molecule has 2 N–H and O–H groups in total. The van der Waals surface area contributed by atoms with Gasteiger partial charge in [-0.15, -0.1) is 0 Å². The Morgan fingerprint density at radius 2 is 2.12 bits per heavy atom. The summed E-state index contributed by atoms with van der Waals surface area (Å²) in [5, 5.41) is 0.560. The molecule has 1 aromatic carbocycles. The van der Waals surface area contributed by atoms with Crippen LogP contribution >= 0.6 is 15.9 Å². The third-order valence-electron chi connectivity index (χ3n) is 3.02. The van der Waals surface area contributed by atoms with Gasteiger partial charge in [-0.25, -0.2) is 9.37 Å². The normalized spacial score (nSPS) is 14.4. The number of ketones is 1. The molecule has 1 aliphatic rings. The van der Waals surface area contributed by atoms with Gasteiger partial charge in [0.25, 0.3) is 0 Å². The summed E-state index contributed by atoms with van der Waals surface area (Å²) in [5.41, 5.74) is 7.71. The van der Waals surface area contributed by atoms with Crippen LogP contribution in [0, 0.1) is 5.82 Å². The molecule has 0 bridgehead atoms. The van der Waals surface area contributed by atoms with Crippen LogP contribution in [0.4, 0.5) is 10.1 Å². The van der Waals surface area contributed by atoms with Crippen LogP contribution in [0.3, 0.4) is 0 Å². The van der Waals surface area contributed by atoms with Crippen LogP contribution in [-0.2, 0) is 6.42 Å². The van der Waals surface area contributed by atoms with Gasteiger partial charge in [0.2, 0.25) is 0 Å². The van der Waals surface area contributed by atoms with Gasteiger partial charge < -0.3 is 5.73 Å². The van der Waals surface area contributed by atoms with Gasteiger partial charge in [-0.2, -0.15) is 0 Å². The number of Topliss-reactive ketones (excluding diaryl/α,β-unsaturated/α-hetero) is 1. The highest BCUT2D eigenvalue weighted by atomic mass is 79.9. The van der Waals surface area contributed by atoms with Crippen molar-refractivity contribution in [2.45, 2.75) is 12.8 Å². The Balaban J connectivity index is 2.48. The maximum Gasteiger partial charge on any atom is 0.181 e. The van der Waals surface area contributed by atoms with E-state index < -0.39 is 5.82 Å². The summed E-state index contributed by atoms with van der Waals surface area (Å²) in [7, 11) is 0. The lowest BCUT2D eigenvalue weighted by atomic mass is 10.1. The van der Waals surface area contributed by atoms with Gasteiger partial charge in [0, 0.05) is 27.5 Å². The predicted molar refractivity (Wildman–Crippen MR) is 66.5 cm³/mol. The van der Waals surface area contributed by atoms with Crippen molar-refractivity contribution in [2.75, 3.05) is 5.73 Å². The van der Waals surface area contributed by atoms with Gasteiger partial charge in [0.15, 0.2) is 11.6 Å². The molecule has 0 aliphatic heterocycles. The van der Waals surface area contributed by atoms with Gasteiger partial charge in [-0.3, -0.25) is 4.79 Å². The molecule has 0 radical (unpaired) electrons. The van der Waals surface area contributed by atoms with Crippen LogP contribution in [-0.4, -0.2) is 10.8 Å². The fraction of sp³-hybridized carbons (Fsp3) is 0.167. The molecule has 0 spiro atoms.